The molecule has 0 fully saturated rings. The van der Waals surface area contributed by atoms with Crippen molar-refractivity contribution < 1.29 is 9.90 Å². The van der Waals surface area contributed by atoms with E-state index in [0.717, 1.165) is 11.1 Å². The molecule has 0 aliphatic heterocycles. The molecule has 2 aromatic rings. The van der Waals surface area contributed by atoms with Gasteiger partial charge < -0.3 is 10.4 Å². The number of nitrogens with one attached hydrogen (secondary N) is 1. The SMILES string of the molecule is CC[C@@H](CNC(c1ccccc1)c1ccccc1)C(=O)O. The number of hydrogen-bond acceptors (Lipinski definition) is 2. The Kier molecular flexibility index (Phi) is 5.52. The molecule has 2 aromatic carbocycles. The van der Waals surface area contributed by atoms with Crippen LogP contribution in [0.5, 0.6) is 0 Å². The van der Waals surface area contributed by atoms with Crippen LogP contribution in [0, 0.1) is 5.92 Å². The van der Waals surface area contributed by atoms with Gasteiger partial charge in [-0.1, -0.05) is 67.6 Å². The summed E-state index contributed by atoms with van der Waals surface area (Å²) in [5.74, 6) is -1.11. The first-order chi connectivity index (χ1) is 10.2. The molecule has 110 valence electrons. The number of carboxylic acids is 1. The molecule has 0 saturated heterocycles. The van der Waals surface area contributed by atoms with Gasteiger partial charge in [-0.15, -0.1) is 0 Å². The molecular weight excluding hydrogens is 262 g/mol. The highest BCUT2D eigenvalue weighted by Crippen LogP contribution is 2.22. The molecule has 3 heteroatoms. The summed E-state index contributed by atoms with van der Waals surface area (Å²) >= 11 is 0. The molecule has 3 nitrogen and oxygen atoms in total. The van der Waals surface area contributed by atoms with Crippen LogP contribution in [-0.4, -0.2) is 17.6 Å². The molecular formula is C18H21NO2. The molecule has 0 heterocycles. The van der Waals surface area contributed by atoms with Gasteiger partial charge in [0.2, 0.25) is 0 Å². The smallest absolute Gasteiger partial charge is 0.307 e. The third-order valence-electron chi connectivity index (χ3n) is 3.68. The van der Waals surface area contributed by atoms with E-state index < -0.39 is 5.97 Å². The molecule has 1 atom stereocenters. The predicted molar refractivity (Wildman–Crippen MR) is 84.1 cm³/mol. The lowest BCUT2D eigenvalue weighted by atomic mass is 9.97. The van der Waals surface area contributed by atoms with Crippen LogP contribution in [0.1, 0.15) is 30.5 Å². The Balaban J connectivity index is 2.19. The zero-order valence-electron chi connectivity index (χ0n) is 12.2. The highest BCUT2D eigenvalue weighted by molar-refractivity contribution is 5.70. The van der Waals surface area contributed by atoms with Crippen LogP contribution < -0.4 is 5.32 Å². The Bertz CT molecular complexity index is 514. The molecule has 0 amide bonds. The molecule has 0 unspecified atom stereocenters. The average molecular weight is 283 g/mol. The van der Waals surface area contributed by atoms with E-state index in [9.17, 15) is 9.90 Å². The summed E-state index contributed by atoms with van der Waals surface area (Å²) in [6.07, 6.45) is 0.624. The highest BCUT2D eigenvalue weighted by atomic mass is 16.4. The fourth-order valence-corrected chi connectivity index (χ4v) is 2.39. The minimum absolute atomic E-state index is 0.0146. The van der Waals surface area contributed by atoms with Gasteiger partial charge in [-0.25, -0.2) is 0 Å². The van der Waals surface area contributed by atoms with Crippen LogP contribution >= 0.6 is 0 Å². The van der Waals surface area contributed by atoms with Crippen molar-refractivity contribution in [3.63, 3.8) is 0 Å². The maximum Gasteiger partial charge on any atom is 0.307 e. The van der Waals surface area contributed by atoms with Gasteiger partial charge in [-0.3, -0.25) is 4.79 Å². The Labute approximate surface area is 125 Å². The lowest BCUT2D eigenvalue weighted by Crippen LogP contribution is -2.31. The van der Waals surface area contributed by atoms with E-state index in [1.165, 1.54) is 0 Å². The van der Waals surface area contributed by atoms with E-state index in [1.807, 2.05) is 43.3 Å². The molecule has 0 radical (unpaired) electrons. The number of carboxylic acid groups (broad SMARTS) is 1. The first-order valence-electron chi connectivity index (χ1n) is 7.28. The summed E-state index contributed by atoms with van der Waals surface area (Å²) in [4.78, 5) is 11.2. The Morgan fingerprint density at radius 3 is 1.86 bits per heavy atom. The monoisotopic (exact) mass is 283 g/mol. The van der Waals surface area contributed by atoms with Crippen LogP contribution in [0.3, 0.4) is 0 Å². The van der Waals surface area contributed by atoms with Crippen LogP contribution in [0.15, 0.2) is 60.7 Å². The molecule has 0 aromatic heterocycles. The average Bonchev–Trinajstić information content (AvgIpc) is 2.53. The van der Waals surface area contributed by atoms with Crippen LogP contribution in [0.4, 0.5) is 0 Å². The number of rotatable bonds is 7. The summed E-state index contributed by atoms with van der Waals surface area (Å²) in [6, 6.07) is 20.2. The molecule has 2 N–H and O–H groups in total. The van der Waals surface area contributed by atoms with Gasteiger partial charge in [0.15, 0.2) is 0 Å². The van der Waals surface area contributed by atoms with E-state index in [4.69, 9.17) is 0 Å². The van der Waals surface area contributed by atoms with Crippen molar-refractivity contribution in [1.82, 2.24) is 5.32 Å². The van der Waals surface area contributed by atoms with Crippen LogP contribution in [0.2, 0.25) is 0 Å². The van der Waals surface area contributed by atoms with Gasteiger partial charge >= 0.3 is 5.97 Å². The summed E-state index contributed by atoms with van der Waals surface area (Å²) in [6.45, 7) is 2.36. The van der Waals surface area contributed by atoms with Gasteiger partial charge in [-0.2, -0.15) is 0 Å². The van der Waals surface area contributed by atoms with Gasteiger partial charge in [0.1, 0.15) is 0 Å². The second-order valence-electron chi connectivity index (χ2n) is 5.11. The number of hydrogen-bond donors (Lipinski definition) is 2. The van der Waals surface area contributed by atoms with Crippen molar-refractivity contribution in [3.05, 3.63) is 71.8 Å². The summed E-state index contributed by atoms with van der Waals surface area (Å²) in [5, 5.41) is 12.6. The Morgan fingerprint density at radius 1 is 1.00 bits per heavy atom. The van der Waals surface area contributed by atoms with Crippen LogP contribution in [0.25, 0.3) is 0 Å². The van der Waals surface area contributed by atoms with Crippen molar-refractivity contribution in [1.29, 1.82) is 0 Å². The standard InChI is InChI=1S/C18H21NO2/c1-2-14(18(20)21)13-19-17(15-9-5-3-6-10-15)16-11-7-4-8-12-16/h3-12,14,17,19H,2,13H2,1H3,(H,20,21)/t14-/m0/s1. The topological polar surface area (TPSA) is 49.3 Å². The van der Waals surface area contributed by atoms with Crippen molar-refractivity contribution in [2.75, 3.05) is 6.54 Å². The van der Waals surface area contributed by atoms with Crippen molar-refractivity contribution in [2.24, 2.45) is 5.92 Å². The number of carbonyl (C=O) groups is 1. The van der Waals surface area contributed by atoms with Gasteiger partial charge in [0.25, 0.3) is 0 Å². The maximum absolute atomic E-state index is 11.2. The zero-order valence-corrected chi connectivity index (χ0v) is 12.2. The van der Waals surface area contributed by atoms with Gasteiger partial charge in [0.05, 0.1) is 12.0 Å². The van der Waals surface area contributed by atoms with E-state index in [1.54, 1.807) is 0 Å². The third kappa shape index (κ3) is 4.17. The highest BCUT2D eigenvalue weighted by Gasteiger charge is 2.19. The fourth-order valence-electron chi connectivity index (χ4n) is 2.39. The lowest BCUT2D eigenvalue weighted by Gasteiger charge is -2.22. The summed E-state index contributed by atoms with van der Waals surface area (Å²) < 4.78 is 0. The van der Waals surface area contributed by atoms with Crippen LogP contribution in [-0.2, 0) is 4.79 Å². The third-order valence-corrected chi connectivity index (χ3v) is 3.68. The number of aliphatic carboxylic acids is 1. The molecule has 0 bridgehead atoms. The maximum atomic E-state index is 11.2. The van der Waals surface area contributed by atoms with Crippen molar-refractivity contribution >= 4 is 5.97 Å². The number of benzene rings is 2. The first-order valence-corrected chi connectivity index (χ1v) is 7.28. The quantitative estimate of drug-likeness (QED) is 0.818. The predicted octanol–water partition coefficient (Wildman–Crippen LogP) is 3.48. The summed E-state index contributed by atoms with van der Waals surface area (Å²) in [5.41, 5.74) is 2.29. The lowest BCUT2D eigenvalue weighted by molar-refractivity contribution is -0.141. The normalized spacial score (nSPS) is 12.3. The Morgan fingerprint density at radius 2 is 1.48 bits per heavy atom. The van der Waals surface area contributed by atoms with Gasteiger partial charge in [-0.05, 0) is 17.5 Å². The molecule has 0 aliphatic carbocycles. The van der Waals surface area contributed by atoms with E-state index in [0.29, 0.717) is 13.0 Å². The summed E-state index contributed by atoms with van der Waals surface area (Å²) in [7, 11) is 0. The van der Waals surface area contributed by atoms with Gasteiger partial charge in [0, 0.05) is 6.54 Å². The van der Waals surface area contributed by atoms with E-state index in [2.05, 4.69) is 29.6 Å². The molecule has 21 heavy (non-hydrogen) atoms. The Hall–Kier alpha value is -2.13. The molecule has 0 aliphatic rings. The zero-order chi connectivity index (χ0) is 15.1. The minimum Gasteiger partial charge on any atom is -0.481 e. The second kappa shape index (κ2) is 7.60. The molecule has 0 saturated carbocycles. The molecule has 2 rings (SSSR count). The van der Waals surface area contributed by atoms with Crippen molar-refractivity contribution in [3.8, 4) is 0 Å². The van der Waals surface area contributed by atoms with E-state index >= 15 is 0 Å². The molecule has 0 spiro atoms. The minimum atomic E-state index is -0.745. The second-order valence-corrected chi connectivity index (χ2v) is 5.11. The van der Waals surface area contributed by atoms with Crippen molar-refractivity contribution in [2.45, 2.75) is 19.4 Å². The van der Waals surface area contributed by atoms with E-state index in [-0.39, 0.29) is 12.0 Å². The largest absolute Gasteiger partial charge is 0.481 e. The first kappa shape index (κ1) is 15.3. The fraction of sp³-hybridized carbons (Fsp3) is 0.278.